The van der Waals surface area contributed by atoms with Gasteiger partial charge in [-0.05, 0) is 45.1 Å². The Hall–Kier alpha value is -0.510. The van der Waals surface area contributed by atoms with Gasteiger partial charge in [-0.25, -0.2) is 0 Å². The van der Waals surface area contributed by atoms with E-state index < -0.39 is 0 Å². The van der Waals surface area contributed by atoms with Gasteiger partial charge < -0.3 is 5.32 Å². The maximum absolute atomic E-state index is 5.91. The van der Waals surface area contributed by atoms with Crippen molar-refractivity contribution < 1.29 is 0 Å². The van der Waals surface area contributed by atoms with Crippen LogP contribution in [-0.2, 0) is 6.54 Å². The molecule has 78 valence electrons. The molecule has 0 unspecified atom stereocenters. The summed E-state index contributed by atoms with van der Waals surface area (Å²) in [6, 6.07) is 8.01. The highest BCUT2D eigenvalue weighted by atomic mass is 79.9. The molecule has 2 aromatic rings. The summed E-state index contributed by atoms with van der Waals surface area (Å²) in [4.78, 5) is 0. The molecule has 0 atom stereocenters. The first kappa shape index (κ1) is 11.0. The summed E-state index contributed by atoms with van der Waals surface area (Å²) >= 11 is 11.0. The van der Waals surface area contributed by atoms with Crippen molar-refractivity contribution in [2.45, 2.75) is 6.54 Å². The highest BCUT2D eigenvalue weighted by Crippen LogP contribution is 2.23. The van der Waals surface area contributed by atoms with Crippen LogP contribution in [0.3, 0.4) is 0 Å². The Morgan fingerprint density at radius 3 is 2.87 bits per heavy atom. The van der Waals surface area contributed by atoms with E-state index in [0.29, 0.717) is 0 Å². The number of anilines is 1. The molecule has 0 amide bonds. The second-order valence-corrected chi connectivity index (χ2v) is 5.16. The summed E-state index contributed by atoms with van der Waals surface area (Å²) in [5.74, 6) is 0. The molecule has 1 N–H and O–H groups in total. The van der Waals surface area contributed by atoms with E-state index in [0.717, 1.165) is 21.7 Å². The van der Waals surface area contributed by atoms with Crippen molar-refractivity contribution in [1.82, 2.24) is 0 Å². The van der Waals surface area contributed by atoms with Crippen molar-refractivity contribution in [1.29, 1.82) is 0 Å². The molecule has 1 aromatic heterocycles. The standard InChI is InChI=1S/C11H9BrClNS/c12-10-5-8(1-2-11(10)13)6-14-9-3-4-15-7-9/h1-5,7,14H,6H2. The molecule has 0 saturated heterocycles. The Labute approximate surface area is 106 Å². The molecular weight excluding hydrogens is 294 g/mol. The van der Waals surface area contributed by atoms with Crippen molar-refractivity contribution >= 4 is 44.6 Å². The van der Waals surface area contributed by atoms with E-state index >= 15 is 0 Å². The second-order valence-electron chi connectivity index (χ2n) is 3.11. The Morgan fingerprint density at radius 1 is 1.33 bits per heavy atom. The van der Waals surface area contributed by atoms with Crippen molar-refractivity contribution in [3.05, 3.63) is 50.1 Å². The van der Waals surface area contributed by atoms with Crippen LogP contribution in [0.25, 0.3) is 0 Å². The maximum Gasteiger partial charge on any atom is 0.0548 e. The molecule has 0 radical (unpaired) electrons. The van der Waals surface area contributed by atoms with Crippen molar-refractivity contribution in [2.75, 3.05) is 5.32 Å². The van der Waals surface area contributed by atoms with Gasteiger partial charge in [0.25, 0.3) is 0 Å². The van der Waals surface area contributed by atoms with E-state index in [1.807, 2.05) is 18.2 Å². The first-order valence-electron chi connectivity index (χ1n) is 4.46. The van der Waals surface area contributed by atoms with Gasteiger partial charge in [0.1, 0.15) is 0 Å². The minimum absolute atomic E-state index is 0.745. The molecule has 2 rings (SSSR count). The van der Waals surface area contributed by atoms with Gasteiger partial charge >= 0.3 is 0 Å². The van der Waals surface area contributed by atoms with Gasteiger partial charge in [0.15, 0.2) is 0 Å². The molecule has 4 heteroatoms. The molecule has 0 aliphatic carbocycles. The van der Waals surface area contributed by atoms with Gasteiger partial charge in [-0.2, -0.15) is 11.3 Å². The Kier molecular flexibility index (Phi) is 3.67. The number of halogens is 2. The SMILES string of the molecule is Clc1ccc(CNc2ccsc2)cc1Br. The summed E-state index contributed by atoms with van der Waals surface area (Å²) in [7, 11) is 0. The van der Waals surface area contributed by atoms with E-state index in [9.17, 15) is 0 Å². The summed E-state index contributed by atoms with van der Waals surface area (Å²) in [5, 5.41) is 8.22. The van der Waals surface area contributed by atoms with Crippen LogP contribution in [0.1, 0.15) is 5.56 Å². The average Bonchev–Trinajstić information content (AvgIpc) is 2.73. The van der Waals surface area contributed by atoms with Crippen LogP contribution in [0.15, 0.2) is 39.5 Å². The molecule has 1 nitrogen and oxygen atoms in total. The van der Waals surface area contributed by atoms with Crippen LogP contribution < -0.4 is 5.32 Å². The Morgan fingerprint density at radius 2 is 2.20 bits per heavy atom. The highest BCUT2D eigenvalue weighted by Gasteiger charge is 1.99. The minimum Gasteiger partial charge on any atom is -0.380 e. The lowest BCUT2D eigenvalue weighted by molar-refractivity contribution is 1.15. The van der Waals surface area contributed by atoms with E-state index in [1.54, 1.807) is 11.3 Å². The summed E-state index contributed by atoms with van der Waals surface area (Å²) in [5.41, 5.74) is 2.36. The smallest absolute Gasteiger partial charge is 0.0548 e. The normalized spacial score (nSPS) is 10.3. The van der Waals surface area contributed by atoms with Crippen LogP contribution in [0.2, 0.25) is 5.02 Å². The first-order chi connectivity index (χ1) is 7.25. The maximum atomic E-state index is 5.91. The van der Waals surface area contributed by atoms with Gasteiger partial charge in [0, 0.05) is 22.1 Å². The monoisotopic (exact) mass is 301 g/mol. The van der Waals surface area contributed by atoms with Crippen molar-refractivity contribution in [2.24, 2.45) is 0 Å². The fourth-order valence-corrected chi connectivity index (χ4v) is 2.37. The molecule has 1 heterocycles. The third kappa shape index (κ3) is 2.97. The second kappa shape index (κ2) is 5.01. The highest BCUT2D eigenvalue weighted by molar-refractivity contribution is 9.10. The summed E-state index contributed by atoms with van der Waals surface area (Å²) in [6.45, 7) is 0.812. The van der Waals surface area contributed by atoms with E-state index in [1.165, 1.54) is 5.56 Å². The average molecular weight is 303 g/mol. The molecule has 0 fully saturated rings. The summed E-state index contributed by atoms with van der Waals surface area (Å²) < 4.78 is 0.939. The van der Waals surface area contributed by atoms with Crippen LogP contribution in [0.5, 0.6) is 0 Å². The largest absolute Gasteiger partial charge is 0.380 e. The number of benzene rings is 1. The van der Waals surface area contributed by atoms with Crippen LogP contribution in [-0.4, -0.2) is 0 Å². The third-order valence-corrected chi connectivity index (χ3v) is 3.90. The zero-order valence-electron chi connectivity index (χ0n) is 7.84. The molecule has 1 aromatic carbocycles. The van der Waals surface area contributed by atoms with Gasteiger partial charge in [-0.3, -0.25) is 0 Å². The lowest BCUT2D eigenvalue weighted by Crippen LogP contribution is -1.97. The molecule has 15 heavy (non-hydrogen) atoms. The number of hydrogen-bond donors (Lipinski definition) is 1. The van der Waals surface area contributed by atoms with Gasteiger partial charge in [0.05, 0.1) is 5.02 Å². The van der Waals surface area contributed by atoms with Crippen molar-refractivity contribution in [3.8, 4) is 0 Å². The quantitative estimate of drug-likeness (QED) is 0.860. The van der Waals surface area contributed by atoms with Gasteiger partial charge in [0.2, 0.25) is 0 Å². The number of rotatable bonds is 3. The minimum atomic E-state index is 0.745. The lowest BCUT2D eigenvalue weighted by Gasteiger charge is -2.05. The van der Waals surface area contributed by atoms with Gasteiger partial charge in [-0.1, -0.05) is 17.7 Å². The van der Waals surface area contributed by atoms with Crippen LogP contribution in [0.4, 0.5) is 5.69 Å². The molecular formula is C11H9BrClNS. The number of nitrogens with one attached hydrogen (secondary N) is 1. The predicted octanol–water partition coefficient (Wildman–Crippen LogP) is 4.78. The molecule has 0 aliphatic rings. The van der Waals surface area contributed by atoms with Gasteiger partial charge in [-0.15, -0.1) is 0 Å². The number of thiophene rings is 1. The fraction of sp³-hybridized carbons (Fsp3) is 0.0909. The zero-order chi connectivity index (χ0) is 10.7. The molecule has 0 bridgehead atoms. The molecule has 0 saturated carbocycles. The molecule has 0 spiro atoms. The topological polar surface area (TPSA) is 12.0 Å². The zero-order valence-corrected chi connectivity index (χ0v) is 11.0. The van der Waals surface area contributed by atoms with E-state index in [2.05, 4.69) is 38.1 Å². The predicted molar refractivity (Wildman–Crippen MR) is 70.8 cm³/mol. The first-order valence-corrected chi connectivity index (χ1v) is 6.57. The third-order valence-electron chi connectivity index (χ3n) is 2.00. The van der Waals surface area contributed by atoms with E-state index in [-0.39, 0.29) is 0 Å². The summed E-state index contributed by atoms with van der Waals surface area (Å²) in [6.07, 6.45) is 0. The number of hydrogen-bond acceptors (Lipinski definition) is 2. The Balaban J connectivity index is 2.02. The van der Waals surface area contributed by atoms with Crippen molar-refractivity contribution in [3.63, 3.8) is 0 Å². The van der Waals surface area contributed by atoms with Crippen LogP contribution in [0, 0.1) is 0 Å². The Bertz CT molecular complexity index is 442. The fourth-order valence-electron chi connectivity index (χ4n) is 1.22. The lowest BCUT2D eigenvalue weighted by atomic mass is 10.2. The molecule has 0 aliphatic heterocycles. The van der Waals surface area contributed by atoms with E-state index in [4.69, 9.17) is 11.6 Å². The van der Waals surface area contributed by atoms with Crippen LogP contribution >= 0.6 is 38.9 Å².